The zero-order chi connectivity index (χ0) is 13.9. The Morgan fingerprint density at radius 1 is 1.00 bits per heavy atom. The molecule has 20 heavy (non-hydrogen) atoms. The van der Waals surface area contributed by atoms with E-state index in [9.17, 15) is 9.90 Å². The molecule has 0 spiro atoms. The van der Waals surface area contributed by atoms with Gasteiger partial charge in [0.2, 0.25) is 0 Å². The Balaban J connectivity index is 1.99. The Morgan fingerprint density at radius 3 is 2.50 bits per heavy atom. The van der Waals surface area contributed by atoms with E-state index in [4.69, 9.17) is 0 Å². The summed E-state index contributed by atoms with van der Waals surface area (Å²) in [7, 11) is 0. The van der Waals surface area contributed by atoms with Crippen LogP contribution in [0.15, 0.2) is 48.5 Å². The summed E-state index contributed by atoms with van der Waals surface area (Å²) in [6.45, 7) is 0. The van der Waals surface area contributed by atoms with Crippen LogP contribution in [0.3, 0.4) is 0 Å². The quantitative estimate of drug-likeness (QED) is 0.914. The normalized spacial score (nSPS) is 14.8. The number of rotatable bonds is 4. The van der Waals surface area contributed by atoms with Crippen LogP contribution in [0.4, 0.5) is 0 Å². The summed E-state index contributed by atoms with van der Waals surface area (Å²) in [5, 5.41) is 9.20. The predicted molar refractivity (Wildman–Crippen MR) is 79.0 cm³/mol. The Morgan fingerprint density at radius 2 is 1.75 bits per heavy atom. The van der Waals surface area contributed by atoms with Gasteiger partial charge in [-0.2, -0.15) is 0 Å². The lowest BCUT2D eigenvalue weighted by atomic mass is 9.87. The third-order valence-electron chi connectivity index (χ3n) is 4.11. The molecule has 0 bridgehead atoms. The molecule has 0 aromatic heterocycles. The summed E-state index contributed by atoms with van der Waals surface area (Å²) in [5.74, 6) is -0.807. The summed E-state index contributed by atoms with van der Waals surface area (Å²) >= 11 is 0. The minimum atomic E-state index is -0.751. The molecule has 0 saturated carbocycles. The monoisotopic (exact) mass is 266 g/mol. The third-order valence-corrected chi connectivity index (χ3v) is 4.11. The highest BCUT2D eigenvalue weighted by atomic mass is 16.4. The molecule has 1 unspecified atom stereocenters. The molecule has 2 nitrogen and oxygen atoms in total. The zero-order valence-electron chi connectivity index (χ0n) is 11.4. The molecule has 1 aliphatic rings. The van der Waals surface area contributed by atoms with Crippen LogP contribution in [0.5, 0.6) is 0 Å². The molecular weight excluding hydrogens is 248 g/mol. The summed E-state index contributed by atoms with van der Waals surface area (Å²) in [6.07, 6.45) is 3.64. The third kappa shape index (κ3) is 2.60. The van der Waals surface area contributed by atoms with Crippen LogP contribution in [0, 0.1) is 0 Å². The van der Waals surface area contributed by atoms with E-state index < -0.39 is 5.97 Å². The molecule has 0 fully saturated rings. The smallest absolute Gasteiger partial charge is 0.304 e. The van der Waals surface area contributed by atoms with Gasteiger partial charge in [-0.3, -0.25) is 4.79 Å². The highest BCUT2D eigenvalue weighted by molar-refractivity contribution is 5.69. The van der Waals surface area contributed by atoms with Crippen molar-refractivity contribution in [3.8, 4) is 0 Å². The molecule has 1 atom stereocenters. The van der Waals surface area contributed by atoms with Gasteiger partial charge < -0.3 is 5.11 Å². The van der Waals surface area contributed by atoms with Crippen molar-refractivity contribution < 1.29 is 9.90 Å². The van der Waals surface area contributed by atoms with Gasteiger partial charge in [-0.1, -0.05) is 48.5 Å². The summed E-state index contributed by atoms with van der Waals surface area (Å²) in [4.78, 5) is 11.2. The Bertz CT molecular complexity index is 617. The number of aliphatic carboxylic acids is 1. The molecule has 2 aromatic carbocycles. The fourth-order valence-electron chi connectivity index (χ4n) is 3.10. The number of aryl methyl sites for hydroxylation is 2. The van der Waals surface area contributed by atoms with E-state index in [0.717, 1.165) is 24.0 Å². The van der Waals surface area contributed by atoms with Gasteiger partial charge in [0, 0.05) is 5.92 Å². The first-order valence-corrected chi connectivity index (χ1v) is 7.12. The maximum absolute atomic E-state index is 11.2. The predicted octanol–water partition coefficient (Wildman–Crippen LogP) is 3.78. The first-order chi connectivity index (χ1) is 9.74. The maximum Gasteiger partial charge on any atom is 0.304 e. The second-order valence-electron chi connectivity index (χ2n) is 5.44. The lowest BCUT2D eigenvalue weighted by Crippen LogP contribution is -2.08. The number of hydrogen-bond donors (Lipinski definition) is 1. The van der Waals surface area contributed by atoms with Gasteiger partial charge in [0.05, 0.1) is 6.42 Å². The van der Waals surface area contributed by atoms with Gasteiger partial charge in [0.25, 0.3) is 0 Å². The molecular formula is C18H18O2. The minimum absolute atomic E-state index is 0.0559. The minimum Gasteiger partial charge on any atom is -0.481 e. The van der Waals surface area contributed by atoms with Gasteiger partial charge in [-0.25, -0.2) is 0 Å². The number of carboxylic acid groups (broad SMARTS) is 1. The van der Waals surface area contributed by atoms with Crippen molar-refractivity contribution in [3.63, 3.8) is 0 Å². The van der Waals surface area contributed by atoms with Crippen molar-refractivity contribution >= 4 is 5.97 Å². The maximum atomic E-state index is 11.2. The van der Waals surface area contributed by atoms with Crippen molar-refractivity contribution in [2.45, 2.75) is 31.6 Å². The molecule has 1 N–H and O–H groups in total. The second kappa shape index (κ2) is 5.49. The summed E-state index contributed by atoms with van der Waals surface area (Å²) in [5.41, 5.74) is 5.02. The molecule has 0 saturated heterocycles. The number of carbonyl (C=O) groups is 1. The zero-order valence-corrected chi connectivity index (χ0v) is 11.4. The van der Waals surface area contributed by atoms with Crippen molar-refractivity contribution in [2.75, 3.05) is 0 Å². The number of fused-ring (bicyclic) bond motifs is 1. The molecule has 0 amide bonds. The molecule has 2 heteroatoms. The fourth-order valence-corrected chi connectivity index (χ4v) is 3.10. The molecule has 1 aliphatic carbocycles. The number of benzene rings is 2. The van der Waals surface area contributed by atoms with Crippen molar-refractivity contribution in [1.82, 2.24) is 0 Å². The van der Waals surface area contributed by atoms with Gasteiger partial charge >= 0.3 is 5.97 Å². The van der Waals surface area contributed by atoms with Crippen LogP contribution in [0.1, 0.15) is 41.0 Å². The lowest BCUT2D eigenvalue weighted by Gasteiger charge is -2.17. The SMILES string of the molecule is O=C(O)CC(c1ccccc1)c1ccc2c(c1)CCC2. The molecule has 3 rings (SSSR count). The van der Waals surface area contributed by atoms with Crippen LogP contribution in [0.25, 0.3) is 0 Å². The van der Waals surface area contributed by atoms with Crippen LogP contribution in [0.2, 0.25) is 0 Å². The van der Waals surface area contributed by atoms with E-state index in [0.29, 0.717) is 0 Å². The summed E-state index contributed by atoms with van der Waals surface area (Å²) < 4.78 is 0. The van der Waals surface area contributed by atoms with Gasteiger partial charge in [0.15, 0.2) is 0 Å². The Kier molecular flexibility index (Phi) is 3.55. The standard InChI is InChI=1S/C18H18O2/c19-18(20)12-17(14-5-2-1-3-6-14)16-10-9-13-7-4-8-15(13)11-16/h1-3,5-6,9-11,17H,4,7-8,12H2,(H,19,20). The largest absolute Gasteiger partial charge is 0.481 e. The topological polar surface area (TPSA) is 37.3 Å². The molecule has 2 aromatic rings. The van der Waals surface area contributed by atoms with E-state index in [2.05, 4.69) is 18.2 Å². The van der Waals surface area contributed by atoms with Gasteiger partial charge in [0.1, 0.15) is 0 Å². The van der Waals surface area contributed by atoms with E-state index in [1.54, 1.807) is 0 Å². The van der Waals surface area contributed by atoms with Crippen molar-refractivity contribution in [1.29, 1.82) is 0 Å². The molecule has 0 radical (unpaired) electrons. The molecule has 102 valence electrons. The van der Waals surface area contributed by atoms with Crippen LogP contribution in [-0.2, 0) is 17.6 Å². The number of hydrogen-bond acceptors (Lipinski definition) is 1. The van der Waals surface area contributed by atoms with Crippen LogP contribution >= 0.6 is 0 Å². The Hall–Kier alpha value is -2.09. The van der Waals surface area contributed by atoms with Crippen LogP contribution in [-0.4, -0.2) is 11.1 Å². The Labute approximate surface area is 119 Å². The lowest BCUT2D eigenvalue weighted by molar-refractivity contribution is -0.137. The first kappa shape index (κ1) is 12.9. The second-order valence-corrected chi connectivity index (χ2v) is 5.44. The highest BCUT2D eigenvalue weighted by Crippen LogP contribution is 2.31. The average Bonchev–Trinajstić information content (AvgIpc) is 2.93. The van der Waals surface area contributed by atoms with Gasteiger partial charge in [-0.15, -0.1) is 0 Å². The molecule has 0 heterocycles. The highest BCUT2D eigenvalue weighted by Gasteiger charge is 2.20. The van der Waals surface area contributed by atoms with E-state index >= 15 is 0 Å². The van der Waals surface area contributed by atoms with Crippen molar-refractivity contribution in [3.05, 3.63) is 70.8 Å². The first-order valence-electron chi connectivity index (χ1n) is 7.12. The van der Waals surface area contributed by atoms with Gasteiger partial charge in [-0.05, 0) is 41.5 Å². The molecule has 0 aliphatic heterocycles. The van der Waals surface area contributed by atoms with Crippen molar-refractivity contribution in [2.24, 2.45) is 0 Å². The summed E-state index contributed by atoms with van der Waals surface area (Å²) in [6, 6.07) is 16.4. The van der Waals surface area contributed by atoms with E-state index in [-0.39, 0.29) is 12.3 Å². The van der Waals surface area contributed by atoms with E-state index in [1.807, 2.05) is 30.3 Å². The average molecular weight is 266 g/mol. The number of carboxylic acids is 1. The van der Waals surface area contributed by atoms with Crippen LogP contribution < -0.4 is 0 Å². The van der Waals surface area contributed by atoms with E-state index in [1.165, 1.54) is 17.5 Å². The fraction of sp³-hybridized carbons (Fsp3) is 0.278.